The molecule has 102 valence electrons. The highest BCUT2D eigenvalue weighted by molar-refractivity contribution is 7.89. The van der Waals surface area contributed by atoms with Crippen molar-refractivity contribution in [3.05, 3.63) is 22.4 Å². The summed E-state index contributed by atoms with van der Waals surface area (Å²) in [4.78, 5) is 0. The van der Waals surface area contributed by atoms with Crippen molar-refractivity contribution in [2.24, 2.45) is 0 Å². The minimum absolute atomic E-state index is 0.0967. The average Bonchev–Trinajstić information content (AvgIpc) is 2.92. The minimum atomic E-state index is -3.14. The van der Waals surface area contributed by atoms with Gasteiger partial charge in [0.25, 0.3) is 0 Å². The Morgan fingerprint density at radius 1 is 1.44 bits per heavy atom. The molecule has 0 amide bonds. The zero-order valence-corrected chi connectivity index (χ0v) is 12.1. The second kappa shape index (κ2) is 5.69. The molecule has 1 aliphatic rings. The summed E-state index contributed by atoms with van der Waals surface area (Å²) in [6, 6.07) is 2.09. The van der Waals surface area contributed by atoms with Crippen molar-refractivity contribution in [3.63, 3.8) is 0 Å². The summed E-state index contributed by atoms with van der Waals surface area (Å²) in [6.45, 7) is 3.53. The molecule has 0 unspecified atom stereocenters. The van der Waals surface area contributed by atoms with E-state index in [2.05, 4.69) is 16.2 Å². The molecular weight excluding hydrogens is 270 g/mol. The second-order valence-corrected chi connectivity index (χ2v) is 7.50. The molecule has 0 saturated carbocycles. The van der Waals surface area contributed by atoms with Gasteiger partial charge in [0.05, 0.1) is 5.75 Å². The van der Waals surface area contributed by atoms with Gasteiger partial charge in [0.2, 0.25) is 10.0 Å². The first kappa shape index (κ1) is 14.0. The van der Waals surface area contributed by atoms with Gasteiger partial charge in [0.15, 0.2) is 0 Å². The highest BCUT2D eigenvalue weighted by Crippen LogP contribution is 2.35. The number of hydrogen-bond donors (Lipinski definition) is 1. The van der Waals surface area contributed by atoms with Gasteiger partial charge in [-0.25, -0.2) is 13.1 Å². The monoisotopic (exact) mass is 289 g/mol. The summed E-state index contributed by atoms with van der Waals surface area (Å²) in [5, 5.41) is 4.16. The van der Waals surface area contributed by atoms with Crippen LogP contribution in [0, 0.1) is 0 Å². The lowest BCUT2D eigenvalue weighted by atomic mass is 9.75. The van der Waals surface area contributed by atoms with Gasteiger partial charge in [0, 0.05) is 25.2 Å². The van der Waals surface area contributed by atoms with Crippen LogP contribution in [0.3, 0.4) is 0 Å². The maximum Gasteiger partial charge on any atom is 0.211 e. The van der Waals surface area contributed by atoms with E-state index in [0.717, 1.165) is 12.8 Å². The van der Waals surface area contributed by atoms with Gasteiger partial charge < -0.3 is 4.74 Å². The number of sulfonamides is 1. The van der Waals surface area contributed by atoms with E-state index >= 15 is 0 Å². The van der Waals surface area contributed by atoms with Crippen LogP contribution >= 0.6 is 11.3 Å². The summed E-state index contributed by atoms with van der Waals surface area (Å²) in [5.41, 5.74) is 1.13. The molecule has 0 aromatic carbocycles. The number of thiophene rings is 1. The Kier molecular flexibility index (Phi) is 4.42. The largest absolute Gasteiger partial charge is 0.381 e. The molecule has 0 aliphatic carbocycles. The molecule has 2 rings (SSSR count). The average molecular weight is 289 g/mol. The molecular formula is C12H19NO3S2. The summed E-state index contributed by atoms with van der Waals surface area (Å²) in [5.74, 6) is 0.128. The normalized spacial score (nSPS) is 19.8. The zero-order chi connectivity index (χ0) is 13.1. The van der Waals surface area contributed by atoms with Crippen molar-refractivity contribution in [2.75, 3.05) is 25.5 Å². The molecule has 0 spiro atoms. The van der Waals surface area contributed by atoms with Gasteiger partial charge in [-0.3, -0.25) is 0 Å². The summed E-state index contributed by atoms with van der Waals surface area (Å²) in [6.07, 6.45) is 1.74. The van der Waals surface area contributed by atoms with E-state index in [4.69, 9.17) is 4.74 Å². The molecule has 1 aromatic heterocycles. The van der Waals surface area contributed by atoms with Crippen LogP contribution in [-0.2, 0) is 20.2 Å². The van der Waals surface area contributed by atoms with E-state index in [1.807, 2.05) is 5.38 Å². The highest BCUT2D eigenvalue weighted by atomic mass is 32.2. The molecule has 6 heteroatoms. The first-order valence-corrected chi connectivity index (χ1v) is 8.75. The van der Waals surface area contributed by atoms with E-state index in [1.165, 1.54) is 5.56 Å². The molecule has 1 fully saturated rings. The molecule has 0 bridgehead atoms. The van der Waals surface area contributed by atoms with Gasteiger partial charge in [-0.1, -0.05) is 0 Å². The van der Waals surface area contributed by atoms with Crippen LogP contribution in [0.4, 0.5) is 0 Å². The molecule has 1 saturated heterocycles. The third-order valence-corrected chi connectivity index (χ3v) is 5.62. The highest BCUT2D eigenvalue weighted by Gasteiger charge is 2.35. The number of nitrogens with one attached hydrogen (secondary N) is 1. The number of rotatable bonds is 5. The van der Waals surface area contributed by atoms with E-state index < -0.39 is 10.0 Å². The van der Waals surface area contributed by atoms with Crippen molar-refractivity contribution in [3.8, 4) is 0 Å². The Bertz CT molecular complexity index is 462. The quantitative estimate of drug-likeness (QED) is 0.898. The molecule has 0 atom stereocenters. The lowest BCUT2D eigenvalue weighted by Gasteiger charge is -2.37. The van der Waals surface area contributed by atoms with E-state index in [0.29, 0.717) is 19.8 Å². The standard InChI is InChI=1S/C12H19NO3S2/c1-2-18(14,15)13-10-12(4-6-16-7-5-12)11-3-8-17-9-11/h3,8-9,13H,2,4-7,10H2,1H3. The first-order valence-electron chi connectivity index (χ1n) is 6.16. The Morgan fingerprint density at radius 2 is 2.17 bits per heavy atom. The molecule has 18 heavy (non-hydrogen) atoms. The zero-order valence-electron chi connectivity index (χ0n) is 10.5. The second-order valence-electron chi connectivity index (χ2n) is 4.63. The van der Waals surface area contributed by atoms with Crippen LogP contribution in [0.15, 0.2) is 16.8 Å². The van der Waals surface area contributed by atoms with Crippen LogP contribution in [0.5, 0.6) is 0 Å². The Labute approximate surface area is 112 Å². The fraction of sp³-hybridized carbons (Fsp3) is 0.667. The van der Waals surface area contributed by atoms with Crippen molar-refractivity contribution >= 4 is 21.4 Å². The molecule has 0 radical (unpaired) electrons. The van der Waals surface area contributed by atoms with Crippen LogP contribution < -0.4 is 4.72 Å². The molecule has 4 nitrogen and oxygen atoms in total. The SMILES string of the molecule is CCS(=O)(=O)NCC1(c2ccsc2)CCOCC1. The van der Waals surface area contributed by atoms with Crippen molar-refractivity contribution in [1.82, 2.24) is 4.72 Å². The topological polar surface area (TPSA) is 55.4 Å². The van der Waals surface area contributed by atoms with Gasteiger partial charge in [-0.15, -0.1) is 0 Å². The predicted molar refractivity (Wildman–Crippen MR) is 73.5 cm³/mol. The maximum absolute atomic E-state index is 11.6. The van der Waals surface area contributed by atoms with Crippen molar-refractivity contribution in [1.29, 1.82) is 0 Å². The van der Waals surface area contributed by atoms with Gasteiger partial charge in [-0.05, 0) is 42.2 Å². The number of hydrogen-bond acceptors (Lipinski definition) is 4. The summed E-state index contributed by atoms with van der Waals surface area (Å²) < 4.78 is 31.4. The van der Waals surface area contributed by atoms with Crippen molar-refractivity contribution < 1.29 is 13.2 Å². The molecule has 1 aromatic rings. The van der Waals surface area contributed by atoms with Gasteiger partial charge in [-0.2, -0.15) is 11.3 Å². The van der Waals surface area contributed by atoms with E-state index in [1.54, 1.807) is 18.3 Å². The maximum atomic E-state index is 11.6. The Morgan fingerprint density at radius 3 is 2.72 bits per heavy atom. The third kappa shape index (κ3) is 3.12. The van der Waals surface area contributed by atoms with Crippen molar-refractivity contribution in [2.45, 2.75) is 25.2 Å². The minimum Gasteiger partial charge on any atom is -0.381 e. The molecule has 2 heterocycles. The lowest BCUT2D eigenvalue weighted by Crippen LogP contribution is -2.44. The molecule has 1 N–H and O–H groups in total. The van der Waals surface area contributed by atoms with Gasteiger partial charge in [0.1, 0.15) is 0 Å². The van der Waals surface area contributed by atoms with Gasteiger partial charge >= 0.3 is 0 Å². The fourth-order valence-electron chi connectivity index (χ4n) is 2.25. The first-order chi connectivity index (χ1) is 8.58. The molecule has 1 aliphatic heterocycles. The van der Waals surface area contributed by atoms with Crippen LogP contribution in [0.25, 0.3) is 0 Å². The summed E-state index contributed by atoms with van der Waals surface area (Å²) >= 11 is 1.65. The van der Waals surface area contributed by atoms with E-state index in [9.17, 15) is 8.42 Å². The fourth-order valence-corrected chi connectivity index (χ4v) is 3.73. The Balaban J connectivity index is 2.16. The van der Waals surface area contributed by atoms with E-state index in [-0.39, 0.29) is 11.2 Å². The Hall–Kier alpha value is -0.430. The lowest BCUT2D eigenvalue weighted by molar-refractivity contribution is 0.0518. The third-order valence-electron chi connectivity index (χ3n) is 3.59. The summed E-state index contributed by atoms with van der Waals surface area (Å²) in [7, 11) is -3.14. The number of ether oxygens (including phenoxy) is 1. The smallest absolute Gasteiger partial charge is 0.211 e. The van der Waals surface area contributed by atoms with Crippen LogP contribution in [0.2, 0.25) is 0 Å². The van der Waals surface area contributed by atoms with Crippen LogP contribution in [-0.4, -0.2) is 33.9 Å². The van der Waals surface area contributed by atoms with Crippen LogP contribution in [0.1, 0.15) is 25.3 Å². The predicted octanol–water partition coefficient (Wildman–Crippen LogP) is 1.74.